The van der Waals surface area contributed by atoms with Gasteiger partial charge in [0, 0.05) is 42.2 Å². The average Bonchev–Trinajstić information content (AvgIpc) is 3.09. The van der Waals surface area contributed by atoms with E-state index in [2.05, 4.69) is 13.8 Å². The number of piperidine rings is 1. The fourth-order valence-corrected chi connectivity index (χ4v) is 4.64. The number of aryl methyl sites for hydroxylation is 1. The molecule has 0 spiro atoms. The highest BCUT2D eigenvalue weighted by molar-refractivity contribution is 6.00. The van der Waals surface area contributed by atoms with E-state index in [1.54, 1.807) is 12.0 Å². The van der Waals surface area contributed by atoms with Gasteiger partial charge in [-0.25, -0.2) is 9.97 Å². The highest BCUT2D eigenvalue weighted by Gasteiger charge is 2.34. The molecule has 2 amide bonds. The summed E-state index contributed by atoms with van der Waals surface area (Å²) in [6.45, 7) is 7.94. The molecule has 2 aliphatic heterocycles. The number of hydrogen-bond acceptors (Lipinski definition) is 5. The molecule has 1 saturated heterocycles. The molecule has 0 aliphatic carbocycles. The maximum atomic E-state index is 12.9. The van der Waals surface area contributed by atoms with Gasteiger partial charge in [0.1, 0.15) is 17.4 Å². The van der Waals surface area contributed by atoms with Crippen molar-refractivity contribution in [2.75, 3.05) is 25.1 Å². The molecule has 4 rings (SSSR count). The Morgan fingerprint density at radius 2 is 2.03 bits per heavy atom. The molecule has 0 radical (unpaired) electrons. The third-order valence-electron chi connectivity index (χ3n) is 6.34. The zero-order valence-electron chi connectivity index (χ0n) is 19.4. The molecule has 0 unspecified atom stereocenters. The van der Waals surface area contributed by atoms with Crippen molar-refractivity contribution < 1.29 is 14.3 Å². The number of nitrogens with zero attached hydrogens (tertiary/aromatic N) is 4. The van der Waals surface area contributed by atoms with Gasteiger partial charge in [0.15, 0.2) is 0 Å². The van der Waals surface area contributed by atoms with Crippen molar-refractivity contribution in [1.82, 2.24) is 14.9 Å². The number of amides is 2. The Hall–Kier alpha value is -2.96. The average molecular weight is 437 g/mol. The van der Waals surface area contributed by atoms with Crippen LogP contribution >= 0.6 is 0 Å². The van der Waals surface area contributed by atoms with Crippen LogP contribution in [0.2, 0.25) is 0 Å². The van der Waals surface area contributed by atoms with Gasteiger partial charge in [0.05, 0.1) is 20.1 Å². The standard InChI is InChI=1S/C25H32N4O3/c1-16(2)12-22(30)28-11-7-9-19(14-28)24-26-17(3)20-13-23(31)29(25(20)27-24)15-18-8-5-6-10-21(18)32-4/h5-6,8,10,16,19H,7,9,11-15H2,1-4H3/t19-/m1/s1. The summed E-state index contributed by atoms with van der Waals surface area (Å²) < 4.78 is 5.47. The smallest absolute Gasteiger partial charge is 0.233 e. The number of ether oxygens (including phenoxy) is 1. The van der Waals surface area contributed by atoms with Gasteiger partial charge in [-0.2, -0.15) is 0 Å². The number of benzene rings is 1. The molecule has 0 saturated carbocycles. The quantitative estimate of drug-likeness (QED) is 0.691. The van der Waals surface area contributed by atoms with Crippen molar-refractivity contribution >= 4 is 17.6 Å². The van der Waals surface area contributed by atoms with Gasteiger partial charge in [0.25, 0.3) is 0 Å². The molecule has 1 aromatic carbocycles. The zero-order valence-corrected chi connectivity index (χ0v) is 19.4. The van der Waals surface area contributed by atoms with Gasteiger partial charge < -0.3 is 9.64 Å². The largest absolute Gasteiger partial charge is 0.496 e. The highest BCUT2D eigenvalue weighted by Crippen LogP contribution is 2.34. The molecular weight excluding hydrogens is 404 g/mol. The van der Waals surface area contributed by atoms with Crippen molar-refractivity contribution in [1.29, 1.82) is 0 Å². The fraction of sp³-hybridized carbons (Fsp3) is 0.520. The monoisotopic (exact) mass is 436 g/mol. The lowest BCUT2D eigenvalue weighted by Gasteiger charge is -2.33. The molecule has 1 atom stereocenters. The lowest BCUT2D eigenvalue weighted by atomic mass is 9.96. The van der Waals surface area contributed by atoms with Gasteiger partial charge in [-0.3, -0.25) is 14.5 Å². The molecule has 3 heterocycles. The Bertz CT molecular complexity index is 1020. The van der Waals surface area contributed by atoms with Crippen LogP contribution < -0.4 is 9.64 Å². The molecule has 7 heteroatoms. The highest BCUT2D eigenvalue weighted by atomic mass is 16.5. The third kappa shape index (κ3) is 4.47. The molecule has 0 bridgehead atoms. The normalized spacial score (nSPS) is 18.3. The number of methoxy groups -OCH3 is 1. The van der Waals surface area contributed by atoms with Crippen molar-refractivity contribution in [3.63, 3.8) is 0 Å². The molecule has 0 N–H and O–H groups in total. The number of hydrogen-bond donors (Lipinski definition) is 0. The predicted molar refractivity (Wildman–Crippen MR) is 123 cm³/mol. The molecule has 32 heavy (non-hydrogen) atoms. The molecule has 2 aromatic rings. The fourth-order valence-electron chi connectivity index (χ4n) is 4.64. The van der Waals surface area contributed by atoms with E-state index in [0.717, 1.165) is 47.8 Å². The Morgan fingerprint density at radius 1 is 1.25 bits per heavy atom. The van der Waals surface area contributed by atoms with Gasteiger partial charge in [-0.15, -0.1) is 0 Å². The van der Waals surface area contributed by atoms with Gasteiger partial charge in [-0.05, 0) is 31.7 Å². The first-order valence-electron chi connectivity index (χ1n) is 11.4. The van der Waals surface area contributed by atoms with E-state index in [1.165, 1.54) is 0 Å². The molecular formula is C25H32N4O3. The van der Waals surface area contributed by atoms with Crippen LogP contribution in [-0.2, 0) is 22.6 Å². The van der Waals surface area contributed by atoms with E-state index >= 15 is 0 Å². The van der Waals surface area contributed by atoms with Crippen molar-refractivity contribution in [3.05, 3.63) is 46.9 Å². The summed E-state index contributed by atoms with van der Waals surface area (Å²) in [6.07, 6.45) is 2.78. The molecule has 170 valence electrons. The second-order valence-electron chi connectivity index (χ2n) is 9.21. The van der Waals surface area contributed by atoms with E-state index in [4.69, 9.17) is 14.7 Å². The Kier molecular flexibility index (Phi) is 6.44. The minimum atomic E-state index is 0.0258. The predicted octanol–water partition coefficient (Wildman–Crippen LogP) is 3.64. The van der Waals surface area contributed by atoms with Gasteiger partial charge >= 0.3 is 0 Å². The molecule has 1 fully saturated rings. The maximum Gasteiger partial charge on any atom is 0.233 e. The molecule has 7 nitrogen and oxygen atoms in total. The summed E-state index contributed by atoms with van der Waals surface area (Å²) in [6, 6.07) is 7.74. The SMILES string of the molecule is COc1ccccc1CN1C(=O)Cc2c(C)nc([C@@H]3CCCN(C(=O)CC(C)C)C3)nc21. The number of aromatic nitrogens is 2. The summed E-state index contributed by atoms with van der Waals surface area (Å²) >= 11 is 0. The number of fused-ring (bicyclic) bond motifs is 1. The van der Waals surface area contributed by atoms with Crippen LogP contribution in [0.25, 0.3) is 0 Å². The summed E-state index contributed by atoms with van der Waals surface area (Å²) in [7, 11) is 1.64. The van der Waals surface area contributed by atoms with Gasteiger partial charge in [-0.1, -0.05) is 32.0 Å². The van der Waals surface area contributed by atoms with E-state index in [9.17, 15) is 9.59 Å². The van der Waals surface area contributed by atoms with E-state index in [-0.39, 0.29) is 17.7 Å². The maximum absolute atomic E-state index is 12.9. The number of carbonyl (C=O) groups excluding carboxylic acids is 2. The second-order valence-corrected chi connectivity index (χ2v) is 9.21. The lowest BCUT2D eigenvalue weighted by molar-refractivity contribution is -0.133. The summed E-state index contributed by atoms with van der Waals surface area (Å²) in [4.78, 5) is 38.9. The van der Waals surface area contributed by atoms with Crippen LogP contribution in [0.3, 0.4) is 0 Å². The summed E-state index contributed by atoms with van der Waals surface area (Å²) in [5.74, 6) is 2.86. The summed E-state index contributed by atoms with van der Waals surface area (Å²) in [5, 5.41) is 0. The molecule has 2 aliphatic rings. The minimum absolute atomic E-state index is 0.0258. The van der Waals surface area contributed by atoms with Crippen LogP contribution in [0.15, 0.2) is 24.3 Å². The third-order valence-corrected chi connectivity index (χ3v) is 6.34. The van der Waals surface area contributed by atoms with Crippen molar-refractivity contribution in [2.45, 2.75) is 58.9 Å². The van der Waals surface area contributed by atoms with E-state index < -0.39 is 0 Å². The summed E-state index contributed by atoms with van der Waals surface area (Å²) in [5.41, 5.74) is 2.70. The van der Waals surface area contributed by atoms with Crippen molar-refractivity contribution in [3.8, 4) is 5.75 Å². The van der Waals surface area contributed by atoms with E-state index in [1.807, 2.05) is 36.1 Å². The van der Waals surface area contributed by atoms with E-state index in [0.29, 0.717) is 37.7 Å². The first-order valence-corrected chi connectivity index (χ1v) is 11.4. The first kappa shape index (κ1) is 22.2. The number of likely N-dealkylation sites (tertiary alicyclic amines) is 1. The van der Waals surface area contributed by atoms with Crippen molar-refractivity contribution in [2.24, 2.45) is 5.92 Å². The van der Waals surface area contributed by atoms with Crippen LogP contribution in [0.1, 0.15) is 61.7 Å². The first-order chi connectivity index (χ1) is 15.4. The minimum Gasteiger partial charge on any atom is -0.496 e. The number of rotatable bonds is 6. The lowest BCUT2D eigenvalue weighted by Crippen LogP contribution is -2.40. The Balaban J connectivity index is 1.60. The number of para-hydroxylation sites is 1. The Morgan fingerprint density at radius 3 is 2.78 bits per heavy atom. The number of carbonyl (C=O) groups is 2. The molecule has 1 aromatic heterocycles. The topological polar surface area (TPSA) is 75.6 Å². The van der Waals surface area contributed by atoms with Crippen LogP contribution in [0.5, 0.6) is 5.75 Å². The van der Waals surface area contributed by atoms with Gasteiger partial charge in [0.2, 0.25) is 11.8 Å². The second kappa shape index (κ2) is 9.27. The van der Waals surface area contributed by atoms with Crippen LogP contribution in [0, 0.1) is 12.8 Å². The Labute approximate surface area is 189 Å². The van der Waals surface area contributed by atoms with Crippen LogP contribution in [0.4, 0.5) is 5.82 Å². The number of anilines is 1. The van der Waals surface area contributed by atoms with Crippen LogP contribution in [-0.4, -0.2) is 46.9 Å². The zero-order chi connectivity index (χ0) is 22.8.